The van der Waals surface area contributed by atoms with Crippen molar-refractivity contribution in [3.63, 3.8) is 0 Å². The van der Waals surface area contributed by atoms with Crippen molar-refractivity contribution in [2.24, 2.45) is 0 Å². The maximum atomic E-state index is 12.0. The lowest BCUT2D eigenvalue weighted by atomic mass is 10.1. The lowest BCUT2D eigenvalue weighted by Gasteiger charge is -2.11. The number of carbonyl (C=O) groups excluding carboxylic acids is 2. The van der Waals surface area contributed by atoms with E-state index in [-0.39, 0.29) is 28.7 Å². The van der Waals surface area contributed by atoms with Crippen LogP contribution in [0.15, 0.2) is 48.5 Å². The maximum Gasteiger partial charge on any atom is 0.270 e. The van der Waals surface area contributed by atoms with Gasteiger partial charge in [0.25, 0.3) is 11.6 Å². The molecule has 0 saturated carbocycles. The van der Waals surface area contributed by atoms with Crippen LogP contribution in [0.5, 0.6) is 0 Å². The van der Waals surface area contributed by atoms with E-state index >= 15 is 0 Å². The van der Waals surface area contributed by atoms with Crippen LogP contribution >= 0.6 is 23.8 Å². The molecular formula is C16H13ClN4O4S. The van der Waals surface area contributed by atoms with Gasteiger partial charge in [-0.05, 0) is 36.0 Å². The zero-order valence-corrected chi connectivity index (χ0v) is 14.8. The average Bonchev–Trinajstić information content (AvgIpc) is 2.61. The Morgan fingerprint density at radius 1 is 1.12 bits per heavy atom. The van der Waals surface area contributed by atoms with Crippen LogP contribution in [-0.2, 0) is 11.2 Å². The van der Waals surface area contributed by atoms with Gasteiger partial charge >= 0.3 is 0 Å². The zero-order valence-electron chi connectivity index (χ0n) is 13.2. The van der Waals surface area contributed by atoms with E-state index in [2.05, 4.69) is 16.2 Å². The van der Waals surface area contributed by atoms with Gasteiger partial charge in [-0.1, -0.05) is 29.8 Å². The van der Waals surface area contributed by atoms with Gasteiger partial charge in [0.2, 0.25) is 5.91 Å². The molecule has 3 N–H and O–H groups in total. The van der Waals surface area contributed by atoms with Crippen molar-refractivity contribution in [3.8, 4) is 0 Å². The quantitative estimate of drug-likeness (QED) is 0.417. The molecule has 0 aromatic heterocycles. The van der Waals surface area contributed by atoms with Crippen molar-refractivity contribution < 1.29 is 14.5 Å². The fourth-order valence-electron chi connectivity index (χ4n) is 1.94. The van der Waals surface area contributed by atoms with Crippen LogP contribution < -0.4 is 16.2 Å². The summed E-state index contributed by atoms with van der Waals surface area (Å²) in [6.07, 6.45) is 0.0812. The van der Waals surface area contributed by atoms with Crippen molar-refractivity contribution in [3.05, 3.63) is 74.8 Å². The Bertz CT molecular complexity index is 858. The highest BCUT2D eigenvalue weighted by atomic mass is 35.5. The predicted octanol–water partition coefficient (Wildman–Crippen LogP) is 2.13. The van der Waals surface area contributed by atoms with E-state index in [1.807, 2.05) is 0 Å². The van der Waals surface area contributed by atoms with E-state index in [9.17, 15) is 19.7 Å². The average molecular weight is 393 g/mol. The van der Waals surface area contributed by atoms with E-state index in [0.717, 1.165) is 11.6 Å². The number of benzene rings is 2. The number of nitro benzene ring substituents is 1. The molecule has 2 aromatic rings. The first-order valence-corrected chi connectivity index (χ1v) is 8.03. The van der Waals surface area contributed by atoms with E-state index < -0.39 is 10.8 Å². The highest BCUT2D eigenvalue weighted by Gasteiger charge is 2.12. The summed E-state index contributed by atoms with van der Waals surface area (Å²) in [4.78, 5) is 33.9. The number of rotatable bonds is 4. The molecule has 0 spiro atoms. The standard InChI is InChI=1S/C16H13ClN4O4S/c17-12-6-4-10(5-7-12)8-14(22)18-16(26)20-19-15(23)11-2-1-3-13(9-11)21(24)25/h1-7,9H,8H2,(H,19,23)(H2,18,20,22,26). The number of amides is 2. The Balaban J connectivity index is 1.83. The summed E-state index contributed by atoms with van der Waals surface area (Å²) in [6.45, 7) is 0. The van der Waals surface area contributed by atoms with Crippen LogP contribution in [0.2, 0.25) is 5.02 Å². The highest BCUT2D eigenvalue weighted by molar-refractivity contribution is 7.80. The third-order valence-corrected chi connectivity index (χ3v) is 3.60. The second-order valence-corrected chi connectivity index (χ2v) is 5.91. The molecule has 0 aliphatic carbocycles. The molecular weight excluding hydrogens is 380 g/mol. The number of hydrazine groups is 1. The molecule has 2 rings (SSSR count). The Morgan fingerprint density at radius 2 is 1.81 bits per heavy atom. The van der Waals surface area contributed by atoms with Gasteiger partial charge < -0.3 is 5.32 Å². The molecule has 10 heteroatoms. The van der Waals surface area contributed by atoms with Gasteiger partial charge in [0.05, 0.1) is 11.3 Å². The van der Waals surface area contributed by atoms with E-state index in [0.29, 0.717) is 5.02 Å². The minimum Gasteiger partial charge on any atom is -0.302 e. The van der Waals surface area contributed by atoms with Crippen molar-refractivity contribution in [2.45, 2.75) is 6.42 Å². The Morgan fingerprint density at radius 3 is 2.46 bits per heavy atom. The Hall–Kier alpha value is -3.04. The number of non-ortho nitro benzene ring substituents is 1. The SMILES string of the molecule is O=C(Cc1ccc(Cl)cc1)NC(=S)NNC(=O)c1cccc([N+](=O)[O-])c1. The molecule has 0 fully saturated rings. The second kappa shape index (κ2) is 8.88. The van der Waals surface area contributed by atoms with Gasteiger partial charge in [-0.15, -0.1) is 0 Å². The van der Waals surface area contributed by atoms with Gasteiger partial charge in [-0.3, -0.25) is 30.6 Å². The summed E-state index contributed by atoms with van der Waals surface area (Å²) in [5, 5.41) is 13.6. The second-order valence-electron chi connectivity index (χ2n) is 5.07. The number of nitro groups is 1. The molecule has 2 amide bonds. The molecule has 0 unspecified atom stereocenters. The largest absolute Gasteiger partial charge is 0.302 e. The third kappa shape index (κ3) is 5.80. The van der Waals surface area contributed by atoms with Gasteiger partial charge in [-0.2, -0.15) is 0 Å². The van der Waals surface area contributed by atoms with Crippen LogP contribution in [0, 0.1) is 10.1 Å². The van der Waals surface area contributed by atoms with Crippen LogP contribution in [-0.4, -0.2) is 21.9 Å². The number of nitrogens with one attached hydrogen (secondary N) is 3. The summed E-state index contributed by atoms with van der Waals surface area (Å²) in [5.41, 5.74) is 5.23. The summed E-state index contributed by atoms with van der Waals surface area (Å²) in [6, 6.07) is 11.9. The number of halogens is 1. The summed E-state index contributed by atoms with van der Waals surface area (Å²) in [7, 11) is 0. The third-order valence-electron chi connectivity index (χ3n) is 3.14. The highest BCUT2D eigenvalue weighted by Crippen LogP contribution is 2.12. The summed E-state index contributed by atoms with van der Waals surface area (Å²) < 4.78 is 0. The molecule has 2 aromatic carbocycles. The smallest absolute Gasteiger partial charge is 0.270 e. The molecule has 0 heterocycles. The minimum absolute atomic E-state index is 0.0713. The first kappa shape index (κ1) is 19.3. The van der Waals surface area contributed by atoms with Crippen molar-refractivity contribution in [2.75, 3.05) is 0 Å². The van der Waals surface area contributed by atoms with Crippen LogP contribution in [0.3, 0.4) is 0 Å². The van der Waals surface area contributed by atoms with Gasteiger partial charge in [0.1, 0.15) is 0 Å². The van der Waals surface area contributed by atoms with E-state index in [1.54, 1.807) is 24.3 Å². The van der Waals surface area contributed by atoms with Crippen LogP contribution in [0.1, 0.15) is 15.9 Å². The molecule has 0 saturated heterocycles. The number of nitrogens with zero attached hydrogens (tertiary/aromatic N) is 1. The number of carbonyl (C=O) groups is 2. The Labute approximate surface area is 158 Å². The van der Waals surface area contributed by atoms with Crippen molar-refractivity contribution in [1.82, 2.24) is 16.2 Å². The predicted molar refractivity (Wildman–Crippen MR) is 99.6 cm³/mol. The fraction of sp³-hybridized carbons (Fsp3) is 0.0625. The van der Waals surface area contributed by atoms with Gasteiger partial charge in [0.15, 0.2) is 5.11 Å². The molecule has 0 aliphatic rings. The van der Waals surface area contributed by atoms with E-state index in [1.165, 1.54) is 18.2 Å². The molecule has 0 bridgehead atoms. The summed E-state index contributed by atoms with van der Waals surface area (Å²) in [5.74, 6) is -1.02. The number of hydrogen-bond acceptors (Lipinski definition) is 5. The molecule has 0 atom stereocenters. The van der Waals surface area contributed by atoms with Crippen molar-refractivity contribution in [1.29, 1.82) is 0 Å². The van der Waals surface area contributed by atoms with Crippen molar-refractivity contribution >= 4 is 46.4 Å². The van der Waals surface area contributed by atoms with Gasteiger partial charge in [-0.25, -0.2) is 0 Å². The summed E-state index contributed by atoms with van der Waals surface area (Å²) >= 11 is 10.7. The first-order chi connectivity index (χ1) is 12.3. The maximum absolute atomic E-state index is 12.0. The number of hydrogen-bond donors (Lipinski definition) is 3. The Kier molecular flexibility index (Phi) is 6.59. The molecule has 134 valence electrons. The molecule has 26 heavy (non-hydrogen) atoms. The minimum atomic E-state index is -0.636. The lowest BCUT2D eigenvalue weighted by molar-refractivity contribution is -0.384. The topological polar surface area (TPSA) is 113 Å². The fourth-order valence-corrected chi connectivity index (χ4v) is 2.23. The molecule has 0 aliphatic heterocycles. The monoisotopic (exact) mass is 392 g/mol. The first-order valence-electron chi connectivity index (χ1n) is 7.24. The van der Waals surface area contributed by atoms with Gasteiger partial charge in [0, 0.05) is 22.7 Å². The zero-order chi connectivity index (χ0) is 19.1. The lowest BCUT2D eigenvalue weighted by Crippen LogP contribution is -2.48. The molecule has 0 radical (unpaired) electrons. The van der Waals surface area contributed by atoms with Crippen LogP contribution in [0.25, 0.3) is 0 Å². The van der Waals surface area contributed by atoms with Crippen LogP contribution in [0.4, 0.5) is 5.69 Å². The number of thiocarbonyl (C=S) groups is 1. The van der Waals surface area contributed by atoms with E-state index in [4.69, 9.17) is 23.8 Å². The molecule has 8 nitrogen and oxygen atoms in total. The normalized spacial score (nSPS) is 9.88.